The Morgan fingerprint density at radius 2 is 1.68 bits per heavy atom. The van der Waals surface area contributed by atoms with Crippen LogP contribution < -0.4 is 14.2 Å². The number of fused-ring (bicyclic) bond motifs is 1. The lowest BCUT2D eigenvalue weighted by Gasteiger charge is -2.47. The van der Waals surface area contributed by atoms with Gasteiger partial charge in [-0.3, -0.25) is 14.7 Å². The van der Waals surface area contributed by atoms with E-state index in [9.17, 15) is 4.79 Å². The SMILES string of the molecule is COc1cc(CN2C(=O)CC[C@H]3CN(Cc4ccncc4)CC[C@H]32)cc(OC)c1OC. The lowest BCUT2D eigenvalue weighted by molar-refractivity contribution is -0.142. The monoisotopic (exact) mass is 425 g/mol. The average Bonchev–Trinajstić information content (AvgIpc) is 2.80. The summed E-state index contributed by atoms with van der Waals surface area (Å²) in [5.41, 5.74) is 2.28. The fourth-order valence-electron chi connectivity index (χ4n) is 4.95. The number of nitrogens with zero attached hydrogens (tertiary/aromatic N) is 3. The maximum absolute atomic E-state index is 12.9. The molecule has 3 heterocycles. The normalized spacial score (nSPS) is 21.5. The average molecular weight is 426 g/mol. The lowest BCUT2D eigenvalue weighted by Crippen LogP contribution is -2.55. The number of aromatic nitrogens is 1. The molecule has 166 valence electrons. The first kappa shape index (κ1) is 21.4. The van der Waals surface area contributed by atoms with Gasteiger partial charge in [0.25, 0.3) is 0 Å². The lowest BCUT2D eigenvalue weighted by atomic mass is 9.83. The molecule has 0 radical (unpaired) electrons. The van der Waals surface area contributed by atoms with Gasteiger partial charge in [-0.05, 0) is 54.2 Å². The molecule has 1 amide bonds. The summed E-state index contributed by atoms with van der Waals surface area (Å²) in [7, 11) is 4.82. The first-order chi connectivity index (χ1) is 15.1. The van der Waals surface area contributed by atoms with Gasteiger partial charge in [0.15, 0.2) is 11.5 Å². The van der Waals surface area contributed by atoms with Crippen LogP contribution in [0, 0.1) is 5.92 Å². The molecule has 0 bridgehead atoms. The van der Waals surface area contributed by atoms with Crippen molar-refractivity contribution in [3.63, 3.8) is 0 Å². The minimum Gasteiger partial charge on any atom is -0.493 e. The smallest absolute Gasteiger partial charge is 0.223 e. The van der Waals surface area contributed by atoms with E-state index in [-0.39, 0.29) is 11.9 Å². The molecule has 2 atom stereocenters. The van der Waals surface area contributed by atoms with Crippen molar-refractivity contribution in [2.45, 2.75) is 38.4 Å². The minimum absolute atomic E-state index is 0.234. The molecule has 4 rings (SSSR count). The predicted molar refractivity (Wildman–Crippen MR) is 117 cm³/mol. The second-order valence-electron chi connectivity index (χ2n) is 8.30. The van der Waals surface area contributed by atoms with Crippen molar-refractivity contribution in [1.29, 1.82) is 0 Å². The predicted octanol–water partition coefficient (Wildman–Crippen LogP) is 3.12. The molecule has 7 nitrogen and oxygen atoms in total. The number of piperidine rings is 2. The summed E-state index contributed by atoms with van der Waals surface area (Å²) < 4.78 is 16.4. The van der Waals surface area contributed by atoms with Gasteiger partial charge in [-0.1, -0.05) is 0 Å². The molecule has 31 heavy (non-hydrogen) atoms. The highest BCUT2D eigenvalue weighted by molar-refractivity contribution is 5.77. The molecule has 1 aromatic heterocycles. The van der Waals surface area contributed by atoms with Gasteiger partial charge in [-0.2, -0.15) is 0 Å². The third-order valence-corrected chi connectivity index (χ3v) is 6.46. The van der Waals surface area contributed by atoms with Gasteiger partial charge in [-0.25, -0.2) is 0 Å². The van der Waals surface area contributed by atoms with Crippen LogP contribution in [0.1, 0.15) is 30.4 Å². The van der Waals surface area contributed by atoms with Crippen LogP contribution in [-0.2, 0) is 17.9 Å². The van der Waals surface area contributed by atoms with Crippen molar-refractivity contribution in [2.75, 3.05) is 34.4 Å². The number of benzene rings is 1. The number of hydrogen-bond acceptors (Lipinski definition) is 6. The van der Waals surface area contributed by atoms with Crippen LogP contribution in [0.5, 0.6) is 17.2 Å². The number of methoxy groups -OCH3 is 3. The van der Waals surface area contributed by atoms with E-state index in [0.29, 0.717) is 36.1 Å². The maximum Gasteiger partial charge on any atom is 0.223 e. The fourth-order valence-corrected chi connectivity index (χ4v) is 4.95. The fraction of sp³-hybridized carbons (Fsp3) is 0.500. The first-order valence-corrected chi connectivity index (χ1v) is 10.8. The molecule has 1 aromatic carbocycles. The number of hydrogen-bond donors (Lipinski definition) is 0. The highest BCUT2D eigenvalue weighted by atomic mass is 16.5. The second kappa shape index (κ2) is 9.56. The van der Waals surface area contributed by atoms with Gasteiger partial charge in [0.05, 0.1) is 21.3 Å². The Labute approximate surface area is 183 Å². The van der Waals surface area contributed by atoms with E-state index in [1.807, 2.05) is 24.5 Å². The first-order valence-electron chi connectivity index (χ1n) is 10.8. The largest absolute Gasteiger partial charge is 0.493 e. The van der Waals surface area contributed by atoms with Crippen molar-refractivity contribution in [3.05, 3.63) is 47.8 Å². The number of likely N-dealkylation sites (tertiary alicyclic amines) is 2. The van der Waals surface area contributed by atoms with Crippen LogP contribution in [0.3, 0.4) is 0 Å². The quantitative estimate of drug-likeness (QED) is 0.679. The Hall–Kier alpha value is -2.80. The Bertz CT molecular complexity index is 880. The molecule has 7 heteroatoms. The highest BCUT2D eigenvalue weighted by Crippen LogP contribution is 2.39. The molecule has 2 aromatic rings. The number of ether oxygens (including phenoxy) is 3. The molecule has 2 aliphatic rings. The number of carbonyl (C=O) groups excluding carboxylic acids is 1. The van der Waals surface area contributed by atoms with E-state index in [4.69, 9.17) is 14.2 Å². The summed E-state index contributed by atoms with van der Waals surface area (Å²) >= 11 is 0. The maximum atomic E-state index is 12.9. The van der Waals surface area contributed by atoms with Gasteiger partial charge in [0.2, 0.25) is 11.7 Å². The molecule has 2 fully saturated rings. The third-order valence-electron chi connectivity index (χ3n) is 6.46. The number of carbonyl (C=O) groups is 1. The van der Waals surface area contributed by atoms with Gasteiger partial charge in [0, 0.05) is 51.0 Å². The molecule has 2 saturated heterocycles. The molecular weight excluding hydrogens is 394 g/mol. The van der Waals surface area contributed by atoms with Gasteiger partial charge in [-0.15, -0.1) is 0 Å². The minimum atomic E-state index is 0.234. The summed E-state index contributed by atoms with van der Waals surface area (Å²) in [4.78, 5) is 21.6. The summed E-state index contributed by atoms with van der Waals surface area (Å²) in [6, 6.07) is 8.31. The van der Waals surface area contributed by atoms with Crippen LogP contribution in [-0.4, -0.2) is 61.2 Å². The second-order valence-corrected chi connectivity index (χ2v) is 8.30. The number of amides is 1. The molecule has 0 N–H and O–H groups in total. The zero-order chi connectivity index (χ0) is 21.8. The van der Waals surface area contributed by atoms with Crippen LogP contribution in [0.15, 0.2) is 36.7 Å². The Morgan fingerprint density at radius 1 is 0.968 bits per heavy atom. The van der Waals surface area contributed by atoms with Crippen LogP contribution in [0.2, 0.25) is 0 Å². The Balaban J connectivity index is 1.49. The molecule has 0 unspecified atom stereocenters. The zero-order valence-corrected chi connectivity index (χ0v) is 18.5. The van der Waals surface area contributed by atoms with Crippen molar-refractivity contribution in [3.8, 4) is 17.2 Å². The number of rotatable bonds is 7. The Kier molecular flexibility index (Phi) is 6.61. The van der Waals surface area contributed by atoms with Gasteiger partial charge < -0.3 is 19.1 Å². The third kappa shape index (κ3) is 4.61. The van der Waals surface area contributed by atoms with E-state index >= 15 is 0 Å². The molecule has 2 aliphatic heterocycles. The summed E-state index contributed by atoms with van der Waals surface area (Å²) in [5.74, 6) is 2.53. The van der Waals surface area contributed by atoms with Crippen molar-refractivity contribution >= 4 is 5.91 Å². The molecule has 0 saturated carbocycles. The summed E-state index contributed by atoms with van der Waals surface area (Å²) in [6.07, 6.45) is 6.25. The number of pyridine rings is 1. The van der Waals surface area contributed by atoms with Crippen molar-refractivity contribution in [2.24, 2.45) is 5.92 Å². The van der Waals surface area contributed by atoms with E-state index in [1.54, 1.807) is 21.3 Å². The van der Waals surface area contributed by atoms with Crippen LogP contribution >= 0.6 is 0 Å². The van der Waals surface area contributed by atoms with E-state index < -0.39 is 0 Å². The van der Waals surface area contributed by atoms with Crippen LogP contribution in [0.4, 0.5) is 0 Å². The topological polar surface area (TPSA) is 64.1 Å². The van der Waals surface area contributed by atoms with E-state index in [2.05, 4.69) is 26.9 Å². The standard InChI is InChI=1S/C24H31N3O4/c1-29-21-12-18(13-22(30-2)24(21)31-3)15-27-20-8-11-26(14-17-6-9-25-10-7-17)16-19(20)4-5-23(27)28/h6-7,9-10,12-13,19-20H,4-5,8,11,14-16H2,1-3H3/t19-,20+/m0/s1. The summed E-state index contributed by atoms with van der Waals surface area (Å²) in [6.45, 7) is 3.50. The zero-order valence-electron chi connectivity index (χ0n) is 18.5. The van der Waals surface area contributed by atoms with Crippen molar-refractivity contribution < 1.29 is 19.0 Å². The van der Waals surface area contributed by atoms with E-state index in [0.717, 1.165) is 38.0 Å². The van der Waals surface area contributed by atoms with Crippen LogP contribution in [0.25, 0.3) is 0 Å². The Morgan fingerprint density at radius 3 is 2.32 bits per heavy atom. The van der Waals surface area contributed by atoms with E-state index in [1.165, 1.54) is 5.56 Å². The van der Waals surface area contributed by atoms with Crippen molar-refractivity contribution in [1.82, 2.24) is 14.8 Å². The van der Waals surface area contributed by atoms with Gasteiger partial charge >= 0.3 is 0 Å². The molecular formula is C24H31N3O4. The summed E-state index contributed by atoms with van der Waals surface area (Å²) in [5, 5.41) is 0. The molecule has 0 spiro atoms. The highest BCUT2D eigenvalue weighted by Gasteiger charge is 2.39. The van der Waals surface area contributed by atoms with Gasteiger partial charge in [0.1, 0.15) is 0 Å². The molecule has 0 aliphatic carbocycles.